The molecule has 0 aliphatic heterocycles. The second-order valence-corrected chi connectivity index (χ2v) is 8.10. The van der Waals surface area contributed by atoms with Crippen LogP contribution in [0.25, 0.3) is 5.69 Å². The Kier molecular flexibility index (Phi) is 6.04. The first-order valence-corrected chi connectivity index (χ1v) is 10.4. The fraction of sp³-hybridized carbons (Fsp3) is 0.261. The average molecular weight is 425 g/mol. The monoisotopic (exact) mass is 424 g/mol. The molecule has 3 N–H and O–H groups in total. The fourth-order valence-electron chi connectivity index (χ4n) is 4.23. The zero-order valence-electron chi connectivity index (χ0n) is 17.0. The van der Waals surface area contributed by atoms with Crippen molar-refractivity contribution in [1.82, 2.24) is 15.1 Å². The molecule has 1 heterocycles. The molecule has 0 saturated carbocycles. The van der Waals surface area contributed by atoms with Gasteiger partial charge in [0, 0.05) is 40.9 Å². The highest BCUT2D eigenvalue weighted by Gasteiger charge is 2.27. The second-order valence-electron chi connectivity index (χ2n) is 7.66. The minimum absolute atomic E-state index is 0.243. The number of aryl methyl sites for hydroxylation is 1. The van der Waals surface area contributed by atoms with Crippen LogP contribution in [0.2, 0.25) is 5.02 Å². The summed E-state index contributed by atoms with van der Waals surface area (Å²) in [5.74, 6) is 0.243. The molecule has 0 spiro atoms. The van der Waals surface area contributed by atoms with Crippen LogP contribution < -0.4 is 10.5 Å². The van der Waals surface area contributed by atoms with Crippen LogP contribution >= 0.6 is 11.6 Å². The SMILES string of the molecule is Cc1nn(-c2ccccc2[NH+]([O-])O)c(C)c1[C@H]1C=C[C@@H](NCc2cccc(Cl)c2)C1. The molecule has 0 saturated heterocycles. The third-order valence-corrected chi connectivity index (χ3v) is 5.86. The van der Waals surface area contributed by atoms with Gasteiger partial charge in [0.1, 0.15) is 5.69 Å². The third-order valence-electron chi connectivity index (χ3n) is 5.62. The molecule has 4 rings (SSSR count). The van der Waals surface area contributed by atoms with Crippen LogP contribution in [0.5, 0.6) is 0 Å². The molecule has 6 nitrogen and oxygen atoms in total. The standard InChI is InChI=1S/C23H25ClN4O2/c1-15-23(16(2)27(26-15)21-8-3-4-9-22(21)28(29)30)18-10-11-20(13-18)25-14-17-6-5-7-19(24)12-17/h3-12,18,20,25,28-29H,13-14H2,1-2H3/t18-,20+/m0/s1. The number of hydrogen-bond donors (Lipinski definition) is 3. The lowest BCUT2D eigenvalue weighted by Gasteiger charge is -2.17. The molecule has 0 amide bonds. The van der Waals surface area contributed by atoms with E-state index in [1.165, 1.54) is 5.56 Å². The largest absolute Gasteiger partial charge is 0.595 e. The van der Waals surface area contributed by atoms with E-state index in [2.05, 4.69) is 28.6 Å². The third kappa shape index (κ3) is 4.19. The molecular formula is C23H25ClN4O2. The van der Waals surface area contributed by atoms with E-state index < -0.39 is 5.23 Å². The predicted octanol–water partition coefficient (Wildman–Crippen LogP) is 3.75. The maximum absolute atomic E-state index is 11.6. The van der Waals surface area contributed by atoms with E-state index in [1.54, 1.807) is 22.9 Å². The summed E-state index contributed by atoms with van der Waals surface area (Å²) < 4.78 is 1.76. The molecule has 1 aliphatic carbocycles. The number of halogens is 1. The fourth-order valence-corrected chi connectivity index (χ4v) is 4.44. The van der Waals surface area contributed by atoms with Gasteiger partial charge in [-0.2, -0.15) is 10.3 Å². The van der Waals surface area contributed by atoms with Gasteiger partial charge in [0.2, 0.25) is 0 Å². The van der Waals surface area contributed by atoms with E-state index in [1.807, 2.05) is 38.1 Å². The second kappa shape index (κ2) is 8.71. The van der Waals surface area contributed by atoms with Crippen LogP contribution in [0, 0.1) is 19.1 Å². The van der Waals surface area contributed by atoms with E-state index in [-0.39, 0.29) is 17.6 Å². The number of benzene rings is 2. The van der Waals surface area contributed by atoms with Crippen molar-refractivity contribution in [3.63, 3.8) is 0 Å². The normalized spacial score (nSPS) is 19.4. The van der Waals surface area contributed by atoms with Crippen LogP contribution in [-0.4, -0.2) is 21.0 Å². The van der Waals surface area contributed by atoms with Crippen LogP contribution in [0.1, 0.15) is 34.9 Å². The number of aromatic nitrogens is 2. The summed E-state index contributed by atoms with van der Waals surface area (Å²) >= 11 is 6.07. The zero-order chi connectivity index (χ0) is 21.3. The van der Waals surface area contributed by atoms with E-state index >= 15 is 0 Å². The lowest BCUT2D eigenvalue weighted by Crippen LogP contribution is -2.99. The van der Waals surface area contributed by atoms with Crippen molar-refractivity contribution in [2.75, 3.05) is 0 Å². The van der Waals surface area contributed by atoms with Crippen molar-refractivity contribution in [1.29, 1.82) is 0 Å². The predicted molar refractivity (Wildman–Crippen MR) is 117 cm³/mol. The number of nitrogens with one attached hydrogen (secondary N) is 2. The summed E-state index contributed by atoms with van der Waals surface area (Å²) in [4.78, 5) is 0. The maximum Gasteiger partial charge on any atom is 0.189 e. The molecular weight excluding hydrogens is 400 g/mol. The Morgan fingerprint density at radius 3 is 2.77 bits per heavy atom. The summed E-state index contributed by atoms with van der Waals surface area (Å²) in [7, 11) is 0. The van der Waals surface area contributed by atoms with Gasteiger partial charge in [-0.15, -0.1) is 0 Å². The summed E-state index contributed by atoms with van der Waals surface area (Å²) in [5.41, 5.74) is 5.07. The smallest absolute Gasteiger partial charge is 0.189 e. The van der Waals surface area contributed by atoms with Crippen molar-refractivity contribution in [3.05, 3.63) is 93.4 Å². The van der Waals surface area contributed by atoms with E-state index in [9.17, 15) is 10.4 Å². The Balaban J connectivity index is 1.52. The number of allylic oxidation sites excluding steroid dienone is 1. The zero-order valence-corrected chi connectivity index (χ0v) is 17.7. The van der Waals surface area contributed by atoms with Crippen molar-refractivity contribution in [2.24, 2.45) is 0 Å². The highest BCUT2D eigenvalue weighted by Crippen LogP contribution is 2.34. The molecule has 3 atom stereocenters. The van der Waals surface area contributed by atoms with Crippen LogP contribution in [0.3, 0.4) is 0 Å². The Morgan fingerprint density at radius 2 is 2.00 bits per heavy atom. The lowest BCUT2D eigenvalue weighted by atomic mass is 9.96. The van der Waals surface area contributed by atoms with Gasteiger partial charge >= 0.3 is 0 Å². The summed E-state index contributed by atoms with van der Waals surface area (Å²) in [6.45, 7) is 4.75. The average Bonchev–Trinajstić information content (AvgIpc) is 3.30. The van der Waals surface area contributed by atoms with Crippen molar-refractivity contribution in [2.45, 2.75) is 38.8 Å². The lowest BCUT2D eigenvalue weighted by molar-refractivity contribution is -0.991. The molecule has 1 aromatic heterocycles. The van der Waals surface area contributed by atoms with Crippen LogP contribution in [-0.2, 0) is 6.54 Å². The van der Waals surface area contributed by atoms with Gasteiger partial charge in [-0.1, -0.05) is 48.0 Å². The minimum Gasteiger partial charge on any atom is -0.595 e. The van der Waals surface area contributed by atoms with Crippen molar-refractivity contribution < 1.29 is 10.4 Å². The molecule has 7 heteroatoms. The Hall–Kier alpha value is -2.48. The highest BCUT2D eigenvalue weighted by molar-refractivity contribution is 6.30. The van der Waals surface area contributed by atoms with E-state index in [4.69, 9.17) is 11.6 Å². The Morgan fingerprint density at radius 1 is 1.20 bits per heavy atom. The summed E-state index contributed by atoms with van der Waals surface area (Å²) in [5, 5.41) is 29.2. The van der Waals surface area contributed by atoms with Crippen LogP contribution in [0.4, 0.5) is 5.69 Å². The minimum atomic E-state index is -0.953. The molecule has 156 valence electrons. The summed E-state index contributed by atoms with van der Waals surface area (Å²) in [6, 6.07) is 15.1. The van der Waals surface area contributed by atoms with Gasteiger partial charge in [0.25, 0.3) is 0 Å². The maximum atomic E-state index is 11.6. The van der Waals surface area contributed by atoms with Gasteiger partial charge in [0.15, 0.2) is 5.69 Å². The van der Waals surface area contributed by atoms with Crippen molar-refractivity contribution >= 4 is 17.3 Å². The first-order valence-electron chi connectivity index (χ1n) is 9.99. The summed E-state index contributed by atoms with van der Waals surface area (Å²) in [6.07, 6.45) is 5.37. The van der Waals surface area contributed by atoms with Gasteiger partial charge in [-0.25, -0.2) is 9.89 Å². The van der Waals surface area contributed by atoms with Gasteiger partial charge in [-0.3, -0.25) is 0 Å². The number of quaternary nitrogens is 1. The van der Waals surface area contributed by atoms with E-state index in [0.717, 1.165) is 34.9 Å². The molecule has 1 unspecified atom stereocenters. The van der Waals surface area contributed by atoms with Gasteiger partial charge < -0.3 is 10.5 Å². The van der Waals surface area contributed by atoms with Gasteiger partial charge in [0.05, 0.1) is 5.69 Å². The van der Waals surface area contributed by atoms with Gasteiger partial charge in [-0.05, 0) is 44.0 Å². The number of nitrogens with zero attached hydrogens (tertiary/aromatic N) is 2. The molecule has 3 aromatic rings. The topological polar surface area (TPSA) is 77.6 Å². The van der Waals surface area contributed by atoms with Crippen molar-refractivity contribution in [3.8, 4) is 5.69 Å². The number of para-hydroxylation sites is 2. The molecule has 1 aliphatic rings. The molecule has 0 radical (unpaired) electrons. The molecule has 0 bridgehead atoms. The van der Waals surface area contributed by atoms with Crippen LogP contribution in [0.15, 0.2) is 60.7 Å². The molecule has 30 heavy (non-hydrogen) atoms. The first kappa shape index (κ1) is 20.8. The first-order chi connectivity index (χ1) is 14.4. The Labute approximate surface area is 180 Å². The highest BCUT2D eigenvalue weighted by atomic mass is 35.5. The molecule has 0 fully saturated rings. The number of rotatable bonds is 6. The van der Waals surface area contributed by atoms with E-state index in [0.29, 0.717) is 5.69 Å². The number of hydrogen-bond acceptors (Lipinski definition) is 4. The quantitative estimate of drug-likeness (QED) is 0.416. The Bertz CT molecular complexity index is 1080. The molecule has 2 aromatic carbocycles.